The van der Waals surface area contributed by atoms with Crippen LogP contribution in [0.15, 0.2) is 18.2 Å². The van der Waals surface area contributed by atoms with Crippen molar-refractivity contribution in [3.63, 3.8) is 0 Å². The second-order valence-corrected chi connectivity index (χ2v) is 5.03. The number of hydrogen-bond acceptors (Lipinski definition) is 1. The summed E-state index contributed by atoms with van der Waals surface area (Å²) < 4.78 is 26.6. The quantitative estimate of drug-likeness (QED) is 0.850. The highest BCUT2D eigenvalue weighted by Crippen LogP contribution is 2.48. The standard InChI is InChI=1S/C14H19F2N/c1-3-17-9-14(5-4-10(14)2)11-6-12(15)8-13(16)7-11/h6-8,10,17H,3-5,9H2,1-2H3. The highest BCUT2D eigenvalue weighted by atomic mass is 19.1. The van der Waals surface area contributed by atoms with Gasteiger partial charge in [0, 0.05) is 18.0 Å². The van der Waals surface area contributed by atoms with Crippen molar-refractivity contribution >= 4 is 0 Å². The van der Waals surface area contributed by atoms with Crippen molar-refractivity contribution in [1.82, 2.24) is 5.32 Å². The average Bonchev–Trinajstić information content (AvgIpc) is 2.27. The van der Waals surface area contributed by atoms with Gasteiger partial charge < -0.3 is 5.32 Å². The highest BCUT2D eigenvalue weighted by Gasteiger charge is 2.45. The van der Waals surface area contributed by atoms with E-state index in [9.17, 15) is 8.78 Å². The lowest BCUT2D eigenvalue weighted by molar-refractivity contribution is 0.134. The Balaban J connectivity index is 2.32. The monoisotopic (exact) mass is 239 g/mol. The maximum Gasteiger partial charge on any atom is 0.126 e. The fraction of sp³-hybridized carbons (Fsp3) is 0.571. The lowest BCUT2D eigenvalue weighted by atomic mass is 9.57. The molecule has 0 spiro atoms. The van der Waals surface area contributed by atoms with Crippen molar-refractivity contribution in [3.8, 4) is 0 Å². The van der Waals surface area contributed by atoms with E-state index in [4.69, 9.17) is 0 Å². The molecule has 1 aliphatic rings. The van der Waals surface area contributed by atoms with Gasteiger partial charge in [-0.25, -0.2) is 8.78 Å². The van der Waals surface area contributed by atoms with Gasteiger partial charge in [0.2, 0.25) is 0 Å². The van der Waals surface area contributed by atoms with Crippen molar-refractivity contribution in [1.29, 1.82) is 0 Å². The van der Waals surface area contributed by atoms with Gasteiger partial charge in [-0.1, -0.05) is 13.8 Å². The molecule has 1 aliphatic carbocycles. The summed E-state index contributed by atoms with van der Waals surface area (Å²) in [7, 11) is 0. The zero-order chi connectivity index (χ0) is 12.5. The summed E-state index contributed by atoms with van der Waals surface area (Å²) in [6.45, 7) is 5.88. The zero-order valence-electron chi connectivity index (χ0n) is 10.4. The third-order valence-electron chi connectivity index (χ3n) is 4.09. The van der Waals surface area contributed by atoms with Crippen molar-refractivity contribution in [2.24, 2.45) is 5.92 Å². The Morgan fingerprint density at radius 3 is 2.35 bits per heavy atom. The first-order chi connectivity index (χ1) is 8.08. The minimum Gasteiger partial charge on any atom is -0.316 e. The van der Waals surface area contributed by atoms with E-state index >= 15 is 0 Å². The van der Waals surface area contributed by atoms with Crippen LogP contribution in [0.2, 0.25) is 0 Å². The number of nitrogens with one attached hydrogen (secondary N) is 1. The Bertz CT molecular complexity index is 385. The predicted octanol–water partition coefficient (Wildman–Crippen LogP) is 3.24. The molecule has 0 heterocycles. The number of halogens is 2. The molecule has 1 aromatic rings. The Hall–Kier alpha value is -0.960. The lowest BCUT2D eigenvalue weighted by Crippen LogP contribution is -2.50. The van der Waals surface area contributed by atoms with Crippen LogP contribution in [-0.2, 0) is 5.41 Å². The average molecular weight is 239 g/mol. The van der Waals surface area contributed by atoms with Gasteiger partial charge in [0.25, 0.3) is 0 Å². The Morgan fingerprint density at radius 2 is 1.94 bits per heavy atom. The maximum absolute atomic E-state index is 13.3. The van der Waals surface area contributed by atoms with Crippen LogP contribution in [0.5, 0.6) is 0 Å². The molecule has 1 nitrogen and oxygen atoms in total. The predicted molar refractivity (Wildman–Crippen MR) is 65.0 cm³/mol. The maximum atomic E-state index is 13.3. The second-order valence-electron chi connectivity index (χ2n) is 5.03. The SMILES string of the molecule is CCNCC1(c2cc(F)cc(F)c2)CCC1C. The van der Waals surface area contributed by atoms with Crippen molar-refractivity contribution < 1.29 is 8.78 Å². The summed E-state index contributed by atoms with van der Waals surface area (Å²) in [5, 5.41) is 3.31. The van der Waals surface area contributed by atoms with Crippen molar-refractivity contribution in [3.05, 3.63) is 35.4 Å². The second kappa shape index (κ2) is 4.73. The van der Waals surface area contributed by atoms with E-state index in [0.717, 1.165) is 37.6 Å². The lowest BCUT2D eigenvalue weighted by Gasteiger charge is -2.49. The van der Waals surface area contributed by atoms with Crippen molar-refractivity contribution in [2.75, 3.05) is 13.1 Å². The fourth-order valence-electron chi connectivity index (χ4n) is 2.76. The van der Waals surface area contributed by atoms with Gasteiger partial charge in [-0.3, -0.25) is 0 Å². The van der Waals surface area contributed by atoms with E-state index in [2.05, 4.69) is 12.2 Å². The third kappa shape index (κ3) is 2.21. The molecule has 0 amide bonds. The van der Waals surface area contributed by atoms with Gasteiger partial charge >= 0.3 is 0 Å². The van der Waals surface area contributed by atoms with Crippen LogP contribution in [0.25, 0.3) is 0 Å². The first-order valence-electron chi connectivity index (χ1n) is 6.26. The van der Waals surface area contributed by atoms with Crippen LogP contribution in [0, 0.1) is 17.6 Å². The summed E-state index contributed by atoms with van der Waals surface area (Å²) in [5.74, 6) is -0.479. The van der Waals surface area contributed by atoms with E-state index in [1.165, 1.54) is 12.1 Å². The van der Waals surface area contributed by atoms with Crippen LogP contribution in [-0.4, -0.2) is 13.1 Å². The summed E-state index contributed by atoms with van der Waals surface area (Å²) in [6, 6.07) is 3.90. The summed E-state index contributed by atoms with van der Waals surface area (Å²) in [6.07, 6.45) is 2.13. The number of benzene rings is 1. The summed E-state index contributed by atoms with van der Waals surface area (Å²) in [5.41, 5.74) is 0.716. The van der Waals surface area contributed by atoms with Gasteiger partial charge in [-0.05, 0) is 43.0 Å². The fourth-order valence-corrected chi connectivity index (χ4v) is 2.76. The van der Waals surface area contributed by atoms with E-state index in [0.29, 0.717) is 5.92 Å². The number of rotatable bonds is 4. The van der Waals surface area contributed by atoms with Crippen LogP contribution >= 0.6 is 0 Å². The molecule has 2 rings (SSSR count). The molecule has 94 valence electrons. The Kier molecular flexibility index (Phi) is 3.48. The molecular weight excluding hydrogens is 220 g/mol. The van der Waals surface area contributed by atoms with Gasteiger partial charge in [-0.15, -0.1) is 0 Å². The molecule has 1 aromatic carbocycles. The Morgan fingerprint density at radius 1 is 1.29 bits per heavy atom. The molecule has 1 N–H and O–H groups in total. The van der Waals surface area contributed by atoms with E-state index in [1.54, 1.807) is 0 Å². The van der Waals surface area contributed by atoms with Gasteiger partial charge in [0.05, 0.1) is 0 Å². The molecule has 0 aromatic heterocycles. The molecule has 2 atom stereocenters. The topological polar surface area (TPSA) is 12.0 Å². The molecular formula is C14H19F2N. The first-order valence-corrected chi connectivity index (χ1v) is 6.26. The van der Waals surface area contributed by atoms with E-state index in [-0.39, 0.29) is 5.41 Å². The molecule has 1 fully saturated rings. The largest absolute Gasteiger partial charge is 0.316 e. The minimum absolute atomic E-state index is 0.0844. The zero-order valence-corrected chi connectivity index (χ0v) is 10.4. The molecule has 2 unspecified atom stereocenters. The van der Waals surface area contributed by atoms with Crippen molar-refractivity contribution in [2.45, 2.75) is 32.1 Å². The summed E-state index contributed by atoms with van der Waals surface area (Å²) >= 11 is 0. The molecule has 0 radical (unpaired) electrons. The number of hydrogen-bond donors (Lipinski definition) is 1. The molecule has 1 saturated carbocycles. The molecule has 0 saturated heterocycles. The summed E-state index contributed by atoms with van der Waals surface area (Å²) in [4.78, 5) is 0. The van der Waals surface area contributed by atoms with Gasteiger partial charge in [-0.2, -0.15) is 0 Å². The van der Waals surface area contributed by atoms with E-state index < -0.39 is 11.6 Å². The van der Waals surface area contributed by atoms with Gasteiger partial charge in [0.15, 0.2) is 0 Å². The van der Waals surface area contributed by atoms with Crippen LogP contribution < -0.4 is 5.32 Å². The van der Waals surface area contributed by atoms with Crippen LogP contribution in [0.1, 0.15) is 32.3 Å². The molecule has 0 bridgehead atoms. The minimum atomic E-state index is -0.477. The van der Waals surface area contributed by atoms with Crippen LogP contribution in [0.4, 0.5) is 8.78 Å². The van der Waals surface area contributed by atoms with Crippen LogP contribution in [0.3, 0.4) is 0 Å². The van der Waals surface area contributed by atoms with Gasteiger partial charge in [0.1, 0.15) is 11.6 Å². The third-order valence-corrected chi connectivity index (χ3v) is 4.09. The highest BCUT2D eigenvalue weighted by molar-refractivity contribution is 5.31. The Labute approximate surface area is 101 Å². The molecule has 17 heavy (non-hydrogen) atoms. The normalized spacial score (nSPS) is 27.9. The number of likely N-dealkylation sites (N-methyl/N-ethyl adjacent to an activating group) is 1. The van der Waals surface area contributed by atoms with E-state index in [1.807, 2.05) is 6.92 Å². The molecule has 3 heteroatoms. The molecule has 0 aliphatic heterocycles. The smallest absolute Gasteiger partial charge is 0.126 e. The first kappa shape index (κ1) is 12.5.